The Bertz CT molecular complexity index is 2510. The molecule has 0 atom stereocenters. The van der Waals surface area contributed by atoms with E-state index in [4.69, 9.17) is 28.4 Å². The minimum absolute atomic E-state index is 0.267. The molecule has 5 rings (SSSR count). The van der Waals surface area contributed by atoms with E-state index in [9.17, 15) is 20.1 Å². The summed E-state index contributed by atoms with van der Waals surface area (Å²) in [6.45, 7) is 19.0. The molecule has 0 amide bonds. The number of benzene rings is 4. The molecule has 444 valence electrons. The van der Waals surface area contributed by atoms with E-state index in [-0.39, 0.29) is 13.2 Å². The third-order valence-electron chi connectivity index (χ3n) is 15.3. The Morgan fingerprint density at radius 1 is 0.378 bits per heavy atom. The van der Waals surface area contributed by atoms with Crippen molar-refractivity contribution >= 4 is 11.9 Å². The fourth-order valence-corrected chi connectivity index (χ4v) is 11.1. The monoisotopic (exact) mass is 1120 g/mol. The van der Waals surface area contributed by atoms with Gasteiger partial charge in [0.2, 0.25) is 0 Å². The lowest BCUT2D eigenvalue weighted by molar-refractivity contribution is -0.138. The number of fused-ring (bicyclic) bond motifs is 8. The van der Waals surface area contributed by atoms with Crippen LogP contribution in [-0.4, -0.2) is 51.6 Å². The van der Waals surface area contributed by atoms with Crippen molar-refractivity contribution in [2.24, 2.45) is 0 Å². The second-order valence-electron chi connectivity index (χ2n) is 22.3. The standard InChI is InChI=1S/C72H98N2O8/c1-7-13-17-25-37-79-69-59-43-55(31-21-23-35-73)45-61(69)52-63-47-57(33-29-41-77-67(75)11-5)49-65(71(63)81-39-27-19-15-9-3)54-66-50-58(34-30-42-78-68(76)12-6)48-64(72(66)82-40-28-20-16-10-4)53-62-46-56(32-22-24-36-74)44-60(51-59)70(62)80-38-26-18-14-8-2/h11-12,43-50H,5-10,13-34,37-42,51-54H2,1-4H3. The number of carbonyl (C=O) groups excluding carboxylic acids is 2. The number of ether oxygens (including phenoxy) is 6. The highest BCUT2D eigenvalue weighted by atomic mass is 16.5. The highest BCUT2D eigenvalue weighted by Gasteiger charge is 2.25. The Balaban J connectivity index is 1.91. The smallest absolute Gasteiger partial charge is 0.330 e. The highest BCUT2D eigenvalue weighted by Crippen LogP contribution is 2.42. The molecule has 10 nitrogen and oxygen atoms in total. The Hall–Kier alpha value is -6.52. The maximum atomic E-state index is 12.2. The van der Waals surface area contributed by atoms with Gasteiger partial charge < -0.3 is 28.4 Å². The van der Waals surface area contributed by atoms with Crippen molar-refractivity contribution in [3.05, 3.63) is 141 Å². The van der Waals surface area contributed by atoms with Gasteiger partial charge in [-0.25, -0.2) is 9.59 Å². The van der Waals surface area contributed by atoms with Crippen LogP contribution in [-0.2, 0) is 70.4 Å². The normalized spacial score (nSPS) is 11.7. The molecule has 0 fully saturated rings. The second-order valence-corrected chi connectivity index (χ2v) is 22.3. The van der Waals surface area contributed by atoms with E-state index < -0.39 is 11.9 Å². The van der Waals surface area contributed by atoms with Gasteiger partial charge in [0.05, 0.1) is 51.8 Å². The summed E-state index contributed by atoms with van der Waals surface area (Å²) in [5.41, 5.74) is 13.1. The van der Waals surface area contributed by atoms with Crippen molar-refractivity contribution in [1.82, 2.24) is 0 Å². The van der Waals surface area contributed by atoms with Crippen molar-refractivity contribution < 1.29 is 38.0 Å². The molecule has 0 aromatic heterocycles. The predicted molar refractivity (Wildman–Crippen MR) is 332 cm³/mol. The first-order valence-corrected chi connectivity index (χ1v) is 31.6. The first kappa shape index (κ1) is 66.3. The van der Waals surface area contributed by atoms with Crippen LogP contribution in [0, 0.1) is 22.7 Å². The van der Waals surface area contributed by atoms with Crippen LogP contribution < -0.4 is 18.9 Å². The molecular weight excluding hydrogens is 1020 g/mol. The van der Waals surface area contributed by atoms with Crippen molar-refractivity contribution in [2.45, 2.75) is 220 Å². The number of rotatable bonds is 40. The molecule has 1 aliphatic carbocycles. The number of hydrogen-bond donors (Lipinski definition) is 0. The third-order valence-corrected chi connectivity index (χ3v) is 15.3. The number of aryl methyl sites for hydroxylation is 4. The SMILES string of the molecule is C=CC(=O)OCCCc1cc2c(OCCCCCC)c(c1)Cc1cc(CCCOC(=O)C=C)cc(c1OCCCCCC)Cc1cc(CCCC#N)cc(c1OCCCCCC)Cc1cc(CCCC#N)cc(c1OCCCCCC)C2. The molecule has 0 unspecified atom stereocenters. The lowest BCUT2D eigenvalue weighted by atomic mass is 9.87. The quantitative estimate of drug-likeness (QED) is 0.0212. The molecule has 4 aromatic rings. The minimum Gasteiger partial charge on any atom is -0.493 e. The summed E-state index contributed by atoms with van der Waals surface area (Å²) in [5.74, 6) is 2.67. The zero-order chi connectivity index (χ0) is 58.6. The van der Waals surface area contributed by atoms with Crippen LogP contribution in [0.15, 0.2) is 73.8 Å². The van der Waals surface area contributed by atoms with Gasteiger partial charge in [0.15, 0.2) is 0 Å². The maximum Gasteiger partial charge on any atom is 0.330 e. The van der Waals surface area contributed by atoms with Gasteiger partial charge in [0.1, 0.15) is 23.0 Å². The lowest BCUT2D eigenvalue weighted by Gasteiger charge is -2.25. The van der Waals surface area contributed by atoms with E-state index >= 15 is 0 Å². The van der Waals surface area contributed by atoms with Crippen molar-refractivity contribution in [1.29, 1.82) is 10.5 Å². The molecule has 1 aliphatic rings. The van der Waals surface area contributed by atoms with Gasteiger partial charge in [0.25, 0.3) is 0 Å². The van der Waals surface area contributed by atoms with Gasteiger partial charge in [0, 0.05) is 50.7 Å². The van der Waals surface area contributed by atoms with Crippen molar-refractivity contribution in [3.63, 3.8) is 0 Å². The first-order chi connectivity index (χ1) is 40.2. The molecule has 0 saturated carbocycles. The maximum absolute atomic E-state index is 12.2. The summed E-state index contributed by atoms with van der Waals surface area (Å²) in [7, 11) is 0. The molecule has 4 aromatic carbocycles. The van der Waals surface area contributed by atoms with E-state index in [2.05, 4.69) is 102 Å². The molecule has 0 aliphatic heterocycles. The molecule has 82 heavy (non-hydrogen) atoms. The Kier molecular flexibility index (Phi) is 31.6. The fraction of sp³-hybridized carbons (Fsp3) is 0.556. The topological polar surface area (TPSA) is 137 Å². The van der Waals surface area contributed by atoms with Crippen LogP contribution in [0.4, 0.5) is 0 Å². The average molecular weight is 1120 g/mol. The molecule has 0 saturated heterocycles. The van der Waals surface area contributed by atoms with Crippen LogP contribution in [0.1, 0.15) is 236 Å². The average Bonchev–Trinajstić information content (AvgIpc) is 3.60. The summed E-state index contributed by atoms with van der Waals surface area (Å²) in [6.07, 6.45) is 28.1. The number of esters is 2. The zero-order valence-corrected chi connectivity index (χ0v) is 50.8. The van der Waals surface area contributed by atoms with E-state index in [0.717, 1.165) is 218 Å². The van der Waals surface area contributed by atoms with Crippen molar-refractivity contribution in [2.75, 3.05) is 39.6 Å². The van der Waals surface area contributed by atoms with Crippen LogP contribution in [0.25, 0.3) is 0 Å². The molecule has 0 spiro atoms. The molecule has 0 radical (unpaired) electrons. The third kappa shape index (κ3) is 23.0. The summed E-state index contributed by atoms with van der Waals surface area (Å²) >= 11 is 0. The van der Waals surface area contributed by atoms with Crippen LogP contribution in [0.3, 0.4) is 0 Å². The number of nitrogens with zero attached hydrogens (tertiary/aromatic N) is 2. The summed E-state index contributed by atoms with van der Waals surface area (Å²) < 4.78 is 39.8. The van der Waals surface area contributed by atoms with Gasteiger partial charge in [-0.15, -0.1) is 0 Å². The first-order valence-electron chi connectivity index (χ1n) is 31.6. The molecule has 8 bridgehead atoms. The summed E-state index contributed by atoms with van der Waals surface area (Å²) in [4.78, 5) is 24.5. The lowest BCUT2D eigenvalue weighted by Crippen LogP contribution is -2.12. The van der Waals surface area contributed by atoms with Crippen molar-refractivity contribution in [3.8, 4) is 35.1 Å². The van der Waals surface area contributed by atoms with Crippen LogP contribution in [0.2, 0.25) is 0 Å². The minimum atomic E-state index is -0.433. The zero-order valence-electron chi connectivity index (χ0n) is 50.8. The molecule has 10 heteroatoms. The van der Waals surface area contributed by atoms with Gasteiger partial charge in [-0.2, -0.15) is 10.5 Å². The largest absolute Gasteiger partial charge is 0.493 e. The van der Waals surface area contributed by atoms with Crippen LogP contribution >= 0.6 is 0 Å². The Morgan fingerprint density at radius 3 is 0.841 bits per heavy atom. The van der Waals surface area contributed by atoms with E-state index in [0.29, 0.717) is 90.6 Å². The molecule has 0 heterocycles. The predicted octanol–water partition coefficient (Wildman–Crippen LogP) is 17.2. The van der Waals surface area contributed by atoms with Gasteiger partial charge in [-0.3, -0.25) is 0 Å². The van der Waals surface area contributed by atoms with E-state index in [1.165, 1.54) is 12.2 Å². The summed E-state index contributed by atoms with van der Waals surface area (Å²) in [6, 6.07) is 23.3. The Labute approximate surface area is 494 Å². The molecule has 0 N–H and O–H groups in total. The van der Waals surface area contributed by atoms with E-state index in [1.54, 1.807) is 0 Å². The van der Waals surface area contributed by atoms with Crippen LogP contribution in [0.5, 0.6) is 23.0 Å². The van der Waals surface area contributed by atoms with E-state index in [1.807, 2.05) is 0 Å². The van der Waals surface area contributed by atoms with Gasteiger partial charge in [-0.05, 0) is 144 Å². The second kappa shape index (κ2) is 39.0. The fourth-order valence-electron chi connectivity index (χ4n) is 11.1. The number of hydrogen-bond acceptors (Lipinski definition) is 10. The Morgan fingerprint density at radius 2 is 0.622 bits per heavy atom. The van der Waals surface area contributed by atoms with Gasteiger partial charge in [-0.1, -0.05) is 166 Å². The highest BCUT2D eigenvalue weighted by molar-refractivity contribution is 5.81. The van der Waals surface area contributed by atoms with Gasteiger partial charge >= 0.3 is 11.9 Å². The number of nitriles is 2. The number of carbonyl (C=O) groups is 2. The molecular formula is C72H98N2O8. The number of unbranched alkanes of at least 4 members (excludes halogenated alkanes) is 14. The summed E-state index contributed by atoms with van der Waals surface area (Å²) in [5, 5.41) is 19.5.